The molecule has 0 saturated carbocycles. The first-order chi connectivity index (χ1) is 11.1. The SMILES string of the molecule is C#CCn1c(=NC(=O)c2ccc(Cl)cc2)sc2cccc(F)c21. The van der Waals surface area contributed by atoms with Crippen LogP contribution in [0.3, 0.4) is 0 Å². The number of amides is 1. The van der Waals surface area contributed by atoms with E-state index in [2.05, 4.69) is 10.9 Å². The minimum Gasteiger partial charge on any atom is -0.302 e. The Balaban J connectivity index is 2.17. The predicted molar refractivity (Wildman–Crippen MR) is 90.0 cm³/mol. The number of para-hydroxylation sites is 1. The number of carbonyl (C=O) groups is 1. The van der Waals surface area contributed by atoms with Gasteiger partial charge in [0.2, 0.25) is 0 Å². The lowest BCUT2D eigenvalue weighted by atomic mass is 10.2. The Bertz CT molecular complexity index is 996. The highest BCUT2D eigenvalue weighted by Crippen LogP contribution is 2.20. The average Bonchev–Trinajstić information content (AvgIpc) is 2.87. The highest BCUT2D eigenvalue weighted by molar-refractivity contribution is 7.16. The van der Waals surface area contributed by atoms with Crippen molar-refractivity contribution in [2.75, 3.05) is 0 Å². The van der Waals surface area contributed by atoms with Crippen molar-refractivity contribution in [2.45, 2.75) is 6.54 Å². The third-order valence-corrected chi connectivity index (χ3v) is 4.49. The summed E-state index contributed by atoms with van der Waals surface area (Å²) in [5, 5.41) is 0.535. The molecule has 23 heavy (non-hydrogen) atoms. The Kier molecular flexibility index (Phi) is 4.28. The third-order valence-electron chi connectivity index (χ3n) is 3.19. The van der Waals surface area contributed by atoms with Crippen LogP contribution in [0.1, 0.15) is 10.4 Å². The Morgan fingerprint density at radius 1 is 1.30 bits per heavy atom. The Morgan fingerprint density at radius 3 is 2.74 bits per heavy atom. The maximum Gasteiger partial charge on any atom is 0.279 e. The summed E-state index contributed by atoms with van der Waals surface area (Å²) in [6, 6.07) is 11.1. The fourth-order valence-electron chi connectivity index (χ4n) is 2.15. The van der Waals surface area contributed by atoms with Crippen molar-refractivity contribution >= 4 is 39.1 Å². The molecule has 0 fully saturated rings. The van der Waals surface area contributed by atoms with Crippen molar-refractivity contribution in [3.8, 4) is 12.3 Å². The Morgan fingerprint density at radius 2 is 2.04 bits per heavy atom. The smallest absolute Gasteiger partial charge is 0.279 e. The topological polar surface area (TPSA) is 34.4 Å². The van der Waals surface area contributed by atoms with E-state index in [1.165, 1.54) is 22.0 Å². The first-order valence-corrected chi connectivity index (χ1v) is 7.85. The number of carbonyl (C=O) groups excluding carboxylic acids is 1. The molecule has 0 saturated heterocycles. The van der Waals surface area contributed by atoms with Crippen LogP contribution in [0, 0.1) is 18.2 Å². The van der Waals surface area contributed by atoms with Crippen LogP contribution >= 0.6 is 22.9 Å². The number of rotatable bonds is 2. The standard InChI is InChI=1S/C17H10ClFN2OS/c1-2-10-21-15-13(19)4-3-5-14(15)23-17(21)20-16(22)11-6-8-12(18)9-7-11/h1,3-9H,10H2. The number of aromatic nitrogens is 1. The van der Waals surface area contributed by atoms with Gasteiger partial charge in [-0.25, -0.2) is 4.39 Å². The molecule has 0 aliphatic rings. The van der Waals surface area contributed by atoms with Crippen LogP contribution in [0.2, 0.25) is 5.02 Å². The van der Waals surface area contributed by atoms with Gasteiger partial charge in [0.15, 0.2) is 4.80 Å². The Hall–Kier alpha value is -2.42. The van der Waals surface area contributed by atoms with E-state index in [1.807, 2.05) is 0 Å². The molecule has 0 spiro atoms. The molecule has 1 heterocycles. The van der Waals surface area contributed by atoms with Gasteiger partial charge in [0.05, 0.1) is 16.8 Å². The molecule has 3 nitrogen and oxygen atoms in total. The van der Waals surface area contributed by atoms with Gasteiger partial charge in [0.25, 0.3) is 5.91 Å². The third kappa shape index (κ3) is 3.04. The summed E-state index contributed by atoms with van der Waals surface area (Å²) in [5.74, 6) is 1.64. The molecule has 0 radical (unpaired) electrons. The molecule has 3 aromatic rings. The zero-order valence-electron chi connectivity index (χ0n) is 11.8. The molecule has 0 N–H and O–H groups in total. The fourth-order valence-corrected chi connectivity index (χ4v) is 3.32. The van der Waals surface area contributed by atoms with Crippen LogP contribution in [-0.2, 0) is 6.54 Å². The van der Waals surface area contributed by atoms with Crippen LogP contribution in [0.5, 0.6) is 0 Å². The molecule has 114 valence electrons. The molecule has 1 aromatic heterocycles. The quantitative estimate of drug-likeness (QED) is 0.650. The lowest BCUT2D eigenvalue weighted by molar-refractivity contribution is 0.0998. The molecule has 0 unspecified atom stereocenters. The van der Waals surface area contributed by atoms with Gasteiger partial charge >= 0.3 is 0 Å². The van der Waals surface area contributed by atoms with Crippen molar-refractivity contribution in [1.29, 1.82) is 0 Å². The second-order valence-electron chi connectivity index (χ2n) is 4.69. The molecule has 0 aliphatic heterocycles. The lowest BCUT2D eigenvalue weighted by Gasteiger charge is -2.00. The number of nitrogens with zero attached hydrogens (tertiary/aromatic N) is 2. The van der Waals surface area contributed by atoms with Crippen molar-refractivity contribution in [3.05, 3.63) is 63.7 Å². The van der Waals surface area contributed by atoms with Gasteiger partial charge in [-0.05, 0) is 36.4 Å². The fraction of sp³-hybridized carbons (Fsp3) is 0.0588. The van der Waals surface area contributed by atoms with Gasteiger partial charge in [0, 0.05) is 10.6 Å². The summed E-state index contributed by atoms with van der Waals surface area (Å²) in [6.45, 7) is 0.133. The van der Waals surface area contributed by atoms with Crippen LogP contribution < -0.4 is 4.80 Å². The number of hydrogen-bond donors (Lipinski definition) is 0. The maximum absolute atomic E-state index is 14.1. The second kappa shape index (κ2) is 6.37. The number of fused-ring (bicyclic) bond motifs is 1. The van der Waals surface area contributed by atoms with Crippen LogP contribution in [0.4, 0.5) is 4.39 Å². The first kappa shape index (κ1) is 15.5. The molecule has 3 rings (SSSR count). The van der Waals surface area contributed by atoms with E-state index in [0.717, 1.165) is 0 Å². The lowest BCUT2D eigenvalue weighted by Crippen LogP contribution is -2.17. The minimum absolute atomic E-state index is 0.133. The number of thiazole rings is 1. The van der Waals surface area contributed by atoms with E-state index in [0.29, 0.717) is 25.6 Å². The van der Waals surface area contributed by atoms with Gasteiger partial charge in [-0.15, -0.1) is 6.42 Å². The van der Waals surface area contributed by atoms with Gasteiger partial charge in [0.1, 0.15) is 5.82 Å². The summed E-state index contributed by atoms with van der Waals surface area (Å²) in [6.07, 6.45) is 5.36. The molecule has 0 aliphatic carbocycles. The van der Waals surface area contributed by atoms with Crippen LogP contribution in [-0.4, -0.2) is 10.5 Å². The molecule has 2 aromatic carbocycles. The van der Waals surface area contributed by atoms with Gasteiger partial charge in [-0.2, -0.15) is 4.99 Å². The highest BCUT2D eigenvalue weighted by atomic mass is 35.5. The number of terminal acetylenes is 1. The first-order valence-electron chi connectivity index (χ1n) is 6.66. The van der Waals surface area contributed by atoms with Crippen LogP contribution in [0.25, 0.3) is 10.2 Å². The van der Waals surface area contributed by atoms with Gasteiger partial charge < -0.3 is 4.57 Å². The monoisotopic (exact) mass is 344 g/mol. The molecule has 0 bridgehead atoms. The van der Waals surface area contributed by atoms with E-state index in [4.69, 9.17) is 18.0 Å². The zero-order valence-corrected chi connectivity index (χ0v) is 13.4. The molecular formula is C17H10ClFN2OS. The summed E-state index contributed by atoms with van der Waals surface area (Å²) < 4.78 is 16.3. The highest BCUT2D eigenvalue weighted by Gasteiger charge is 2.11. The normalized spacial score (nSPS) is 11.6. The van der Waals surface area contributed by atoms with Crippen molar-refractivity contribution in [1.82, 2.24) is 4.57 Å². The van der Waals surface area contributed by atoms with Crippen molar-refractivity contribution < 1.29 is 9.18 Å². The predicted octanol–water partition coefficient (Wildman–Crippen LogP) is 3.87. The molecule has 0 atom stereocenters. The number of halogens is 2. The number of benzene rings is 2. The average molecular weight is 345 g/mol. The molecular weight excluding hydrogens is 335 g/mol. The maximum atomic E-state index is 14.1. The van der Waals surface area contributed by atoms with E-state index >= 15 is 0 Å². The van der Waals surface area contributed by atoms with E-state index in [-0.39, 0.29) is 6.54 Å². The van der Waals surface area contributed by atoms with E-state index in [9.17, 15) is 9.18 Å². The van der Waals surface area contributed by atoms with Crippen molar-refractivity contribution in [2.24, 2.45) is 4.99 Å². The summed E-state index contributed by atoms with van der Waals surface area (Å²) >= 11 is 7.02. The van der Waals surface area contributed by atoms with E-state index < -0.39 is 11.7 Å². The minimum atomic E-state index is -0.431. The zero-order chi connectivity index (χ0) is 16.4. The van der Waals surface area contributed by atoms with Gasteiger partial charge in [-0.1, -0.05) is 34.9 Å². The Labute approximate surface area is 140 Å². The van der Waals surface area contributed by atoms with Crippen LogP contribution in [0.15, 0.2) is 47.5 Å². The molecule has 6 heteroatoms. The van der Waals surface area contributed by atoms with Crippen molar-refractivity contribution in [3.63, 3.8) is 0 Å². The summed E-state index contributed by atoms with van der Waals surface area (Å²) in [4.78, 5) is 16.7. The molecule has 1 amide bonds. The second-order valence-corrected chi connectivity index (χ2v) is 6.13. The van der Waals surface area contributed by atoms with E-state index in [1.54, 1.807) is 36.4 Å². The largest absolute Gasteiger partial charge is 0.302 e. The number of hydrogen-bond acceptors (Lipinski definition) is 2. The van der Waals surface area contributed by atoms with Gasteiger partial charge in [-0.3, -0.25) is 4.79 Å². The summed E-state index contributed by atoms with van der Waals surface area (Å²) in [5.41, 5.74) is 0.762. The summed E-state index contributed by atoms with van der Waals surface area (Å²) in [7, 11) is 0.